The summed E-state index contributed by atoms with van der Waals surface area (Å²) in [7, 11) is 0. The van der Waals surface area contributed by atoms with Gasteiger partial charge < -0.3 is 10.5 Å². The lowest BCUT2D eigenvalue weighted by atomic mass is 10.1. The van der Waals surface area contributed by atoms with Crippen molar-refractivity contribution in [1.29, 1.82) is 0 Å². The zero-order chi connectivity index (χ0) is 12.7. The summed E-state index contributed by atoms with van der Waals surface area (Å²) in [4.78, 5) is 4.39. The summed E-state index contributed by atoms with van der Waals surface area (Å²) in [5.41, 5.74) is 9.70. The standard InChI is InChI=1S/C13H18N4O/c1-8-3-4-11(18-8)12-9(2)13-15-6-5-10(7-14)17(13)16-12/h5-6,8,11H,3-4,7,14H2,1-2H3. The van der Waals surface area contributed by atoms with E-state index in [4.69, 9.17) is 10.5 Å². The van der Waals surface area contributed by atoms with Crippen LogP contribution < -0.4 is 5.73 Å². The average Bonchev–Trinajstić information content (AvgIpc) is 2.94. The number of nitrogens with two attached hydrogens (primary N) is 1. The summed E-state index contributed by atoms with van der Waals surface area (Å²) in [5.74, 6) is 0. The molecule has 1 saturated heterocycles. The third kappa shape index (κ3) is 1.71. The number of fused-ring (bicyclic) bond motifs is 1. The number of ether oxygens (including phenoxy) is 1. The molecule has 1 aliphatic heterocycles. The molecular weight excluding hydrogens is 228 g/mol. The maximum Gasteiger partial charge on any atom is 0.158 e. The lowest BCUT2D eigenvalue weighted by molar-refractivity contribution is 0.0525. The van der Waals surface area contributed by atoms with Gasteiger partial charge in [-0.3, -0.25) is 0 Å². The second kappa shape index (κ2) is 4.33. The van der Waals surface area contributed by atoms with Crippen LogP contribution in [0.5, 0.6) is 0 Å². The van der Waals surface area contributed by atoms with E-state index >= 15 is 0 Å². The van der Waals surface area contributed by atoms with Crippen LogP contribution in [0.15, 0.2) is 12.3 Å². The summed E-state index contributed by atoms with van der Waals surface area (Å²) >= 11 is 0. The maximum atomic E-state index is 5.90. The summed E-state index contributed by atoms with van der Waals surface area (Å²) in [5, 5.41) is 4.65. The number of aromatic nitrogens is 3. The Morgan fingerprint density at radius 1 is 1.50 bits per heavy atom. The third-order valence-electron chi connectivity index (χ3n) is 3.61. The highest BCUT2D eigenvalue weighted by Crippen LogP contribution is 2.34. The summed E-state index contributed by atoms with van der Waals surface area (Å²) in [6.07, 6.45) is 4.33. The number of hydrogen-bond donors (Lipinski definition) is 1. The molecule has 96 valence electrons. The van der Waals surface area contributed by atoms with Crippen molar-refractivity contribution in [2.24, 2.45) is 5.73 Å². The Morgan fingerprint density at radius 3 is 3.00 bits per heavy atom. The molecule has 5 heteroatoms. The molecule has 2 atom stereocenters. The van der Waals surface area contributed by atoms with Crippen LogP contribution in [0.2, 0.25) is 0 Å². The Hall–Kier alpha value is -1.46. The van der Waals surface area contributed by atoms with Gasteiger partial charge in [-0.25, -0.2) is 9.50 Å². The minimum Gasteiger partial charge on any atom is -0.369 e. The van der Waals surface area contributed by atoms with Gasteiger partial charge in [0.2, 0.25) is 0 Å². The molecule has 0 bridgehead atoms. The fourth-order valence-corrected chi connectivity index (χ4v) is 2.58. The van der Waals surface area contributed by atoms with Crippen molar-refractivity contribution >= 4 is 5.65 Å². The van der Waals surface area contributed by atoms with Gasteiger partial charge in [0.25, 0.3) is 0 Å². The van der Waals surface area contributed by atoms with Crippen LogP contribution in [0.1, 0.15) is 42.8 Å². The minimum atomic E-state index is 0.104. The highest BCUT2D eigenvalue weighted by atomic mass is 16.5. The Kier molecular flexibility index (Phi) is 2.80. The zero-order valence-electron chi connectivity index (χ0n) is 10.8. The first-order chi connectivity index (χ1) is 8.70. The topological polar surface area (TPSA) is 65.4 Å². The first kappa shape index (κ1) is 11.6. The third-order valence-corrected chi connectivity index (χ3v) is 3.61. The smallest absolute Gasteiger partial charge is 0.158 e. The molecule has 2 unspecified atom stereocenters. The predicted octanol–water partition coefficient (Wildman–Crippen LogP) is 1.74. The van der Waals surface area contributed by atoms with Gasteiger partial charge in [0.05, 0.1) is 17.5 Å². The van der Waals surface area contributed by atoms with Gasteiger partial charge in [0, 0.05) is 18.3 Å². The average molecular weight is 246 g/mol. The van der Waals surface area contributed by atoms with E-state index < -0.39 is 0 Å². The molecule has 0 saturated carbocycles. The van der Waals surface area contributed by atoms with Crippen LogP contribution in [0.4, 0.5) is 0 Å². The maximum absolute atomic E-state index is 5.90. The van der Waals surface area contributed by atoms with Gasteiger partial charge in [0.1, 0.15) is 6.10 Å². The Labute approximate surface area is 106 Å². The molecule has 3 rings (SSSR count). The summed E-state index contributed by atoms with van der Waals surface area (Å²) in [6, 6.07) is 1.90. The van der Waals surface area contributed by atoms with Crippen molar-refractivity contribution in [2.45, 2.75) is 45.4 Å². The summed E-state index contributed by atoms with van der Waals surface area (Å²) < 4.78 is 7.74. The molecule has 2 N–H and O–H groups in total. The van der Waals surface area contributed by atoms with E-state index in [0.29, 0.717) is 12.6 Å². The number of aryl methyl sites for hydroxylation is 1. The van der Waals surface area contributed by atoms with Crippen LogP contribution in [0.25, 0.3) is 5.65 Å². The van der Waals surface area contributed by atoms with E-state index in [1.165, 1.54) is 0 Å². The van der Waals surface area contributed by atoms with Crippen LogP contribution in [0, 0.1) is 6.92 Å². The monoisotopic (exact) mass is 246 g/mol. The van der Waals surface area contributed by atoms with Gasteiger partial charge in [-0.05, 0) is 32.8 Å². The lowest BCUT2D eigenvalue weighted by Gasteiger charge is -2.08. The van der Waals surface area contributed by atoms with E-state index in [-0.39, 0.29) is 6.10 Å². The predicted molar refractivity (Wildman–Crippen MR) is 68.1 cm³/mol. The Balaban J connectivity index is 2.11. The van der Waals surface area contributed by atoms with Crippen molar-refractivity contribution in [2.75, 3.05) is 0 Å². The first-order valence-corrected chi connectivity index (χ1v) is 6.39. The molecule has 2 aromatic rings. The van der Waals surface area contributed by atoms with Crippen LogP contribution in [-0.4, -0.2) is 20.7 Å². The molecule has 2 aromatic heterocycles. The highest BCUT2D eigenvalue weighted by Gasteiger charge is 2.28. The van der Waals surface area contributed by atoms with Crippen molar-refractivity contribution < 1.29 is 4.74 Å². The van der Waals surface area contributed by atoms with E-state index in [2.05, 4.69) is 23.9 Å². The second-order valence-corrected chi connectivity index (χ2v) is 4.90. The molecule has 5 nitrogen and oxygen atoms in total. The normalized spacial score (nSPS) is 23.9. The molecule has 1 aliphatic rings. The van der Waals surface area contributed by atoms with E-state index in [1.54, 1.807) is 6.20 Å². The second-order valence-electron chi connectivity index (χ2n) is 4.90. The first-order valence-electron chi connectivity index (χ1n) is 6.39. The summed E-state index contributed by atoms with van der Waals surface area (Å²) in [6.45, 7) is 4.62. The Bertz CT molecular complexity index is 578. The molecular formula is C13H18N4O. The Morgan fingerprint density at radius 2 is 2.33 bits per heavy atom. The lowest BCUT2D eigenvalue weighted by Crippen LogP contribution is -2.06. The van der Waals surface area contributed by atoms with Crippen molar-refractivity contribution in [3.8, 4) is 0 Å². The van der Waals surface area contributed by atoms with Crippen LogP contribution in [-0.2, 0) is 11.3 Å². The molecule has 0 aliphatic carbocycles. The van der Waals surface area contributed by atoms with Crippen molar-refractivity contribution in [3.05, 3.63) is 29.2 Å². The van der Waals surface area contributed by atoms with Crippen molar-refractivity contribution in [1.82, 2.24) is 14.6 Å². The molecule has 0 spiro atoms. The van der Waals surface area contributed by atoms with Gasteiger partial charge in [-0.2, -0.15) is 5.10 Å². The zero-order valence-corrected chi connectivity index (χ0v) is 10.8. The minimum absolute atomic E-state index is 0.104. The van der Waals surface area contributed by atoms with Gasteiger partial charge >= 0.3 is 0 Å². The fourth-order valence-electron chi connectivity index (χ4n) is 2.58. The fraction of sp³-hybridized carbons (Fsp3) is 0.538. The van der Waals surface area contributed by atoms with Crippen LogP contribution >= 0.6 is 0 Å². The molecule has 1 fully saturated rings. The van der Waals surface area contributed by atoms with Gasteiger partial charge in [-0.15, -0.1) is 0 Å². The molecule has 18 heavy (non-hydrogen) atoms. The highest BCUT2D eigenvalue weighted by molar-refractivity contribution is 5.50. The molecule has 3 heterocycles. The molecule has 0 radical (unpaired) electrons. The molecule has 0 amide bonds. The van der Waals surface area contributed by atoms with E-state index in [9.17, 15) is 0 Å². The van der Waals surface area contributed by atoms with Gasteiger partial charge in [-0.1, -0.05) is 0 Å². The number of hydrogen-bond acceptors (Lipinski definition) is 4. The SMILES string of the molecule is Cc1c(C2CCC(C)O2)nn2c(CN)ccnc12. The van der Waals surface area contributed by atoms with Gasteiger partial charge in [0.15, 0.2) is 5.65 Å². The quantitative estimate of drug-likeness (QED) is 0.876. The molecule has 0 aromatic carbocycles. The number of rotatable bonds is 2. The van der Waals surface area contributed by atoms with E-state index in [1.807, 2.05) is 10.6 Å². The number of nitrogens with zero attached hydrogens (tertiary/aromatic N) is 3. The van der Waals surface area contributed by atoms with Crippen molar-refractivity contribution in [3.63, 3.8) is 0 Å². The van der Waals surface area contributed by atoms with Crippen LogP contribution in [0.3, 0.4) is 0 Å². The van der Waals surface area contributed by atoms with E-state index in [0.717, 1.165) is 35.4 Å². The largest absolute Gasteiger partial charge is 0.369 e.